The molecule has 0 bridgehead atoms. The van der Waals surface area contributed by atoms with Crippen LogP contribution < -0.4 is 5.32 Å². The van der Waals surface area contributed by atoms with Gasteiger partial charge in [-0.3, -0.25) is 0 Å². The topological polar surface area (TPSA) is 21.3 Å². The average molecular weight is 243 g/mol. The van der Waals surface area contributed by atoms with Gasteiger partial charge in [0.2, 0.25) is 0 Å². The van der Waals surface area contributed by atoms with Crippen LogP contribution in [0.3, 0.4) is 0 Å². The maximum Gasteiger partial charge on any atom is 0.0622 e. The van der Waals surface area contributed by atoms with Crippen LogP contribution in [0.2, 0.25) is 0 Å². The first-order chi connectivity index (χ1) is 7.91. The summed E-state index contributed by atoms with van der Waals surface area (Å²) >= 11 is 0. The SMILES string of the molecule is CCCNCC(CCC(C)(C)OC)CC(C)C. The van der Waals surface area contributed by atoms with Gasteiger partial charge in [0.25, 0.3) is 0 Å². The minimum Gasteiger partial charge on any atom is -0.379 e. The highest BCUT2D eigenvalue weighted by Crippen LogP contribution is 2.23. The fourth-order valence-corrected chi connectivity index (χ4v) is 2.11. The highest BCUT2D eigenvalue weighted by molar-refractivity contribution is 4.73. The average Bonchev–Trinajstić information content (AvgIpc) is 2.25. The Hall–Kier alpha value is -0.0800. The van der Waals surface area contributed by atoms with Crippen molar-refractivity contribution in [3.8, 4) is 0 Å². The van der Waals surface area contributed by atoms with Crippen LogP contribution in [0, 0.1) is 11.8 Å². The van der Waals surface area contributed by atoms with E-state index in [1.807, 2.05) is 7.11 Å². The summed E-state index contributed by atoms with van der Waals surface area (Å²) in [5.74, 6) is 1.57. The van der Waals surface area contributed by atoms with Gasteiger partial charge in [-0.05, 0) is 64.5 Å². The molecule has 104 valence electrons. The van der Waals surface area contributed by atoms with E-state index in [4.69, 9.17) is 4.74 Å². The number of ether oxygens (including phenoxy) is 1. The highest BCUT2D eigenvalue weighted by Gasteiger charge is 2.19. The van der Waals surface area contributed by atoms with Crippen LogP contribution in [0.15, 0.2) is 0 Å². The minimum atomic E-state index is 0.0278. The molecule has 1 unspecified atom stereocenters. The maximum atomic E-state index is 5.50. The van der Waals surface area contributed by atoms with E-state index in [9.17, 15) is 0 Å². The zero-order chi connectivity index (χ0) is 13.3. The monoisotopic (exact) mass is 243 g/mol. The lowest BCUT2D eigenvalue weighted by molar-refractivity contribution is 0.00969. The molecule has 0 amide bonds. The van der Waals surface area contributed by atoms with E-state index < -0.39 is 0 Å². The zero-order valence-electron chi connectivity index (χ0n) is 12.8. The van der Waals surface area contributed by atoms with Crippen LogP contribution in [0.4, 0.5) is 0 Å². The van der Waals surface area contributed by atoms with Gasteiger partial charge in [0.15, 0.2) is 0 Å². The smallest absolute Gasteiger partial charge is 0.0622 e. The molecule has 0 fully saturated rings. The standard InChI is InChI=1S/C15H33NO/c1-7-10-16-12-14(11-13(2)3)8-9-15(4,5)17-6/h13-14,16H,7-12H2,1-6H3. The largest absolute Gasteiger partial charge is 0.379 e. The van der Waals surface area contributed by atoms with Crippen molar-refractivity contribution in [2.45, 2.75) is 65.9 Å². The third-order valence-electron chi connectivity index (χ3n) is 3.37. The molecule has 0 spiro atoms. The third kappa shape index (κ3) is 9.61. The van der Waals surface area contributed by atoms with Gasteiger partial charge >= 0.3 is 0 Å². The fraction of sp³-hybridized carbons (Fsp3) is 1.00. The molecule has 0 radical (unpaired) electrons. The number of nitrogens with one attached hydrogen (secondary N) is 1. The highest BCUT2D eigenvalue weighted by atomic mass is 16.5. The molecule has 0 heterocycles. The first-order valence-corrected chi connectivity index (χ1v) is 7.17. The summed E-state index contributed by atoms with van der Waals surface area (Å²) in [5, 5.41) is 3.55. The van der Waals surface area contributed by atoms with E-state index in [1.165, 1.54) is 19.3 Å². The van der Waals surface area contributed by atoms with E-state index in [2.05, 4.69) is 39.9 Å². The van der Waals surface area contributed by atoms with Crippen molar-refractivity contribution < 1.29 is 4.74 Å². The summed E-state index contributed by atoms with van der Waals surface area (Å²) in [6.07, 6.45) is 4.94. The molecular formula is C15H33NO. The Morgan fingerprint density at radius 2 is 1.88 bits per heavy atom. The maximum absolute atomic E-state index is 5.50. The van der Waals surface area contributed by atoms with E-state index >= 15 is 0 Å². The van der Waals surface area contributed by atoms with Crippen molar-refractivity contribution in [1.82, 2.24) is 5.32 Å². The molecule has 0 aromatic heterocycles. The molecule has 0 aliphatic rings. The number of methoxy groups -OCH3 is 1. The van der Waals surface area contributed by atoms with Gasteiger partial charge in [-0.2, -0.15) is 0 Å². The van der Waals surface area contributed by atoms with Gasteiger partial charge in [0.05, 0.1) is 5.60 Å². The quantitative estimate of drug-likeness (QED) is 0.588. The predicted molar refractivity (Wildman–Crippen MR) is 76.4 cm³/mol. The number of rotatable bonds is 10. The van der Waals surface area contributed by atoms with Gasteiger partial charge in [0.1, 0.15) is 0 Å². The molecule has 2 nitrogen and oxygen atoms in total. The molecule has 1 N–H and O–H groups in total. The molecule has 0 aliphatic heterocycles. The lowest BCUT2D eigenvalue weighted by Gasteiger charge is -2.27. The fourth-order valence-electron chi connectivity index (χ4n) is 2.11. The second-order valence-electron chi connectivity index (χ2n) is 6.20. The summed E-state index contributed by atoms with van der Waals surface area (Å²) in [6, 6.07) is 0. The van der Waals surface area contributed by atoms with Crippen LogP contribution in [0.25, 0.3) is 0 Å². The van der Waals surface area contributed by atoms with Gasteiger partial charge in [0, 0.05) is 7.11 Å². The Morgan fingerprint density at radius 3 is 2.35 bits per heavy atom. The summed E-state index contributed by atoms with van der Waals surface area (Å²) in [7, 11) is 1.81. The van der Waals surface area contributed by atoms with Gasteiger partial charge in [-0.15, -0.1) is 0 Å². The van der Waals surface area contributed by atoms with Crippen molar-refractivity contribution >= 4 is 0 Å². The number of hydrogen-bond acceptors (Lipinski definition) is 2. The molecule has 0 saturated heterocycles. The molecule has 0 aromatic carbocycles. The first kappa shape index (κ1) is 16.9. The van der Waals surface area contributed by atoms with Crippen molar-refractivity contribution in [2.24, 2.45) is 11.8 Å². The second-order valence-corrected chi connectivity index (χ2v) is 6.20. The molecule has 0 aromatic rings. The Kier molecular flexibility index (Phi) is 8.89. The molecule has 2 heteroatoms. The lowest BCUT2D eigenvalue weighted by Crippen LogP contribution is -2.28. The lowest BCUT2D eigenvalue weighted by atomic mass is 9.89. The molecule has 1 atom stereocenters. The summed E-state index contributed by atoms with van der Waals surface area (Å²) < 4.78 is 5.50. The van der Waals surface area contributed by atoms with Crippen LogP contribution in [-0.4, -0.2) is 25.8 Å². The van der Waals surface area contributed by atoms with E-state index in [0.29, 0.717) is 0 Å². The molecule has 17 heavy (non-hydrogen) atoms. The van der Waals surface area contributed by atoms with Crippen molar-refractivity contribution in [1.29, 1.82) is 0 Å². The molecule has 0 saturated carbocycles. The Morgan fingerprint density at radius 1 is 1.24 bits per heavy atom. The minimum absolute atomic E-state index is 0.0278. The van der Waals surface area contributed by atoms with Crippen molar-refractivity contribution in [2.75, 3.05) is 20.2 Å². The van der Waals surface area contributed by atoms with Crippen LogP contribution >= 0.6 is 0 Å². The Balaban J connectivity index is 4.00. The second kappa shape index (κ2) is 8.93. The summed E-state index contributed by atoms with van der Waals surface area (Å²) in [6.45, 7) is 13.5. The molecular weight excluding hydrogens is 210 g/mol. The summed E-state index contributed by atoms with van der Waals surface area (Å²) in [5.41, 5.74) is 0.0278. The Labute approximate surface area is 109 Å². The van der Waals surface area contributed by atoms with Gasteiger partial charge < -0.3 is 10.1 Å². The number of hydrogen-bond donors (Lipinski definition) is 1. The zero-order valence-corrected chi connectivity index (χ0v) is 12.8. The van der Waals surface area contributed by atoms with E-state index in [0.717, 1.165) is 31.3 Å². The van der Waals surface area contributed by atoms with Gasteiger partial charge in [-0.25, -0.2) is 0 Å². The van der Waals surface area contributed by atoms with Crippen LogP contribution in [0.1, 0.15) is 60.3 Å². The van der Waals surface area contributed by atoms with E-state index in [1.54, 1.807) is 0 Å². The van der Waals surface area contributed by atoms with E-state index in [-0.39, 0.29) is 5.60 Å². The molecule has 0 aliphatic carbocycles. The van der Waals surface area contributed by atoms with Crippen molar-refractivity contribution in [3.63, 3.8) is 0 Å². The molecule has 0 rings (SSSR count). The van der Waals surface area contributed by atoms with Crippen LogP contribution in [-0.2, 0) is 4.74 Å². The third-order valence-corrected chi connectivity index (χ3v) is 3.37. The van der Waals surface area contributed by atoms with Crippen LogP contribution in [0.5, 0.6) is 0 Å². The predicted octanol–water partition coefficient (Wildman–Crippen LogP) is 3.85. The first-order valence-electron chi connectivity index (χ1n) is 7.17. The Bertz CT molecular complexity index is 178. The summed E-state index contributed by atoms with van der Waals surface area (Å²) in [4.78, 5) is 0. The van der Waals surface area contributed by atoms with Crippen molar-refractivity contribution in [3.05, 3.63) is 0 Å². The van der Waals surface area contributed by atoms with Gasteiger partial charge in [-0.1, -0.05) is 20.8 Å². The normalized spacial score (nSPS) is 14.3.